The van der Waals surface area contributed by atoms with Gasteiger partial charge in [-0.15, -0.1) is 0 Å². The number of carbonyl (C=O) groups is 3. The number of ether oxygens (including phenoxy) is 3. The average molecular weight is 847 g/mol. The lowest BCUT2D eigenvalue weighted by Crippen LogP contribution is -2.30. The molecule has 6 heteroatoms. The summed E-state index contributed by atoms with van der Waals surface area (Å²) in [5, 5.41) is 0. The fourth-order valence-electron chi connectivity index (χ4n) is 6.40. The summed E-state index contributed by atoms with van der Waals surface area (Å²) in [5.41, 5.74) is 0. The van der Waals surface area contributed by atoms with Crippen LogP contribution in [0.2, 0.25) is 0 Å². The zero-order valence-corrected chi connectivity index (χ0v) is 39.4. The van der Waals surface area contributed by atoms with E-state index in [0.717, 1.165) is 77.0 Å². The summed E-state index contributed by atoms with van der Waals surface area (Å²) in [4.78, 5) is 37.8. The fourth-order valence-corrected chi connectivity index (χ4v) is 6.40. The summed E-state index contributed by atoms with van der Waals surface area (Å²) in [6, 6.07) is 0. The number of allylic oxidation sites excluding steroid dienone is 16. The van der Waals surface area contributed by atoms with Crippen molar-refractivity contribution >= 4 is 17.9 Å². The Morgan fingerprint density at radius 2 is 0.721 bits per heavy atom. The normalized spacial score (nSPS) is 12.9. The molecule has 0 aromatic heterocycles. The van der Waals surface area contributed by atoms with Crippen LogP contribution in [0.5, 0.6) is 0 Å². The highest BCUT2D eigenvalue weighted by Gasteiger charge is 2.19. The number of hydrogen-bond donors (Lipinski definition) is 0. The number of carbonyl (C=O) groups excluding carboxylic acids is 3. The van der Waals surface area contributed by atoms with Gasteiger partial charge in [-0.2, -0.15) is 0 Å². The minimum atomic E-state index is -0.824. The van der Waals surface area contributed by atoms with Crippen molar-refractivity contribution in [2.24, 2.45) is 0 Å². The second kappa shape index (κ2) is 49.0. The van der Waals surface area contributed by atoms with E-state index in [1.165, 1.54) is 83.5 Å². The first-order chi connectivity index (χ1) is 30.0. The summed E-state index contributed by atoms with van der Waals surface area (Å²) < 4.78 is 16.7. The van der Waals surface area contributed by atoms with E-state index >= 15 is 0 Å². The Hall–Kier alpha value is -3.67. The van der Waals surface area contributed by atoms with Crippen LogP contribution in [0.1, 0.15) is 213 Å². The van der Waals surface area contributed by atoms with Crippen LogP contribution in [0.3, 0.4) is 0 Å². The van der Waals surface area contributed by atoms with E-state index in [2.05, 4.69) is 81.5 Å². The molecular weight excluding hydrogens is 757 g/mol. The molecule has 0 saturated heterocycles. The molecule has 0 aliphatic rings. The summed E-state index contributed by atoms with van der Waals surface area (Å²) >= 11 is 0. The van der Waals surface area contributed by atoms with Crippen molar-refractivity contribution in [3.05, 3.63) is 97.2 Å². The largest absolute Gasteiger partial charge is 0.462 e. The minimum absolute atomic E-state index is 0.118. The molecule has 0 heterocycles. The molecule has 0 N–H and O–H groups in total. The average Bonchev–Trinajstić information content (AvgIpc) is 3.26. The summed E-state index contributed by atoms with van der Waals surface area (Å²) in [5.74, 6) is -1.03. The predicted octanol–water partition coefficient (Wildman–Crippen LogP) is 16.2. The first-order valence-electron chi connectivity index (χ1n) is 24.8. The first kappa shape index (κ1) is 57.3. The van der Waals surface area contributed by atoms with Gasteiger partial charge in [0.15, 0.2) is 6.10 Å². The van der Waals surface area contributed by atoms with Crippen LogP contribution in [0.15, 0.2) is 97.2 Å². The first-order valence-corrected chi connectivity index (χ1v) is 24.8. The van der Waals surface area contributed by atoms with E-state index in [1.54, 1.807) is 0 Å². The third-order valence-corrected chi connectivity index (χ3v) is 10.1. The van der Waals surface area contributed by atoms with Gasteiger partial charge in [0.05, 0.1) is 0 Å². The molecule has 0 amide bonds. The van der Waals surface area contributed by atoms with E-state index < -0.39 is 6.10 Å². The molecule has 1 atom stereocenters. The molecule has 0 saturated carbocycles. The molecule has 0 aliphatic heterocycles. The molecule has 346 valence electrons. The highest BCUT2D eigenvalue weighted by Crippen LogP contribution is 2.12. The smallest absolute Gasteiger partial charge is 0.306 e. The monoisotopic (exact) mass is 847 g/mol. The van der Waals surface area contributed by atoms with Crippen LogP contribution in [0.4, 0.5) is 0 Å². The molecule has 1 unspecified atom stereocenters. The standard InChI is InChI=1S/C55H90O6/c1-4-7-10-13-16-19-22-25-26-27-28-31-33-36-39-42-45-48-54(57)60-51-52(61-55(58)49-46-43-40-37-34-30-24-21-18-15-12-9-6-3)50-59-53(56)47-44-41-38-35-32-29-23-20-17-14-11-8-5-2/h9,12,15,18,21,24-26,28-32,34,36,39,52H,4-8,10-11,13-14,16-17,19-20,22-23,27,33,35,37-38,40-51H2,1-3H3/b12-9-,18-15-,24-21-,26-25-,31-28-,32-29-,34-30-,39-36-. The molecule has 0 radical (unpaired) electrons. The van der Waals surface area contributed by atoms with Crippen LogP contribution < -0.4 is 0 Å². The Labute approximate surface area is 375 Å². The van der Waals surface area contributed by atoms with Gasteiger partial charge in [0.2, 0.25) is 0 Å². The van der Waals surface area contributed by atoms with Crippen molar-refractivity contribution in [3.8, 4) is 0 Å². The Kier molecular flexibility index (Phi) is 46.0. The van der Waals surface area contributed by atoms with Gasteiger partial charge < -0.3 is 14.2 Å². The van der Waals surface area contributed by atoms with Crippen LogP contribution in [-0.4, -0.2) is 37.2 Å². The van der Waals surface area contributed by atoms with Crippen molar-refractivity contribution in [2.45, 2.75) is 219 Å². The lowest BCUT2D eigenvalue weighted by atomic mass is 10.1. The van der Waals surface area contributed by atoms with Crippen LogP contribution >= 0.6 is 0 Å². The fraction of sp³-hybridized carbons (Fsp3) is 0.655. The van der Waals surface area contributed by atoms with Crippen molar-refractivity contribution in [3.63, 3.8) is 0 Å². The maximum Gasteiger partial charge on any atom is 0.306 e. The van der Waals surface area contributed by atoms with E-state index in [1.807, 2.05) is 36.5 Å². The SMILES string of the molecule is CC\C=C/C=C\C=C/C=C\CCCCCC(=O)OC(COC(=O)CCC/C=C\C/C=C\C/C=C\CCCCCCCC)COC(=O)CCCCC/C=C\CCCCCCCC. The Balaban J connectivity index is 4.55. The van der Waals surface area contributed by atoms with Crippen molar-refractivity contribution < 1.29 is 28.6 Å². The molecule has 0 fully saturated rings. The second-order valence-corrected chi connectivity index (χ2v) is 16.1. The summed E-state index contributed by atoms with van der Waals surface area (Å²) in [6.07, 6.45) is 64.0. The Morgan fingerprint density at radius 1 is 0.361 bits per heavy atom. The summed E-state index contributed by atoms with van der Waals surface area (Å²) in [6.45, 7) is 6.37. The number of esters is 3. The topological polar surface area (TPSA) is 78.9 Å². The van der Waals surface area contributed by atoms with E-state index in [4.69, 9.17) is 14.2 Å². The number of hydrogen-bond acceptors (Lipinski definition) is 6. The van der Waals surface area contributed by atoms with Crippen molar-refractivity contribution in [1.82, 2.24) is 0 Å². The molecule has 0 rings (SSSR count). The lowest BCUT2D eigenvalue weighted by Gasteiger charge is -2.18. The highest BCUT2D eigenvalue weighted by molar-refractivity contribution is 5.71. The Morgan fingerprint density at radius 3 is 1.23 bits per heavy atom. The maximum atomic E-state index is 12.7. The molecule has 6 nitrogen and oxygen atoms in total. The minimum Gasteiger partial charge on any atom is -0.462 e. The molecule has 0 aromatic carbocycles. The van der Waals surface area contributed by atoms with Gasteiger partial charge in [0, 0.05) is 19.3 Å². The van der Waals surface area contributed by atoms with Gasteiger partial charge in [-0.1, -0.05) is 195 Å². The third kappa shape index (κ3) is 47.2. The van der Waals surface area contributed by atoms with Crippen LogP contribution in [0, 0.1) is 0 Å². The van der Waals surface area contributed by atoms with E-state index in [9.17, 15) is 14.4 Å². The molecule has 0 bridgehead atoms. The second-order valence-electron chi connectivity index (χ2n) is 16.1. The lowest BCUT2D eigenvalue weighted by molar-refractivity contribution is -0.167. The quantitative estimate of drug-likeness (QED) is 0.0200. The van der Waals surface area contributed by atoms with E-state index in [0.29, 0.717) is 19.3 Å². The molecule has 61 heavy (non-hydrogen) atoms. The van der Waals surface area contributed by atoms with Crippen molar-refractivity contribution in [2.75, 3.05) is 13.2 Å². The molecule has 0 spiro atoms. The van der Waals surface area contributed by atoms with Crippen LogP contribution in [-0.2, 0) is 28.6 Å². The number of rotatable bonds is 43. The van der Waals surface area contributed by atoms with Gasteiger partial charge >= 0.3 is 17.9 Å². The Bertz CT molecular complexity index is 1250. The highest BCUT2D eigenvalue weighted by atomic mass is 16.6. The zero-order valence-electron chi connectivity index (χ0n) is 39.4. The molecular formula is C55H90O6. The van der Waals surface area contributed by atoms with Gasteiger partial charge in [0.25, 0.3) is 0 Å². The van der Waals surface area contributed by atoms with E-state index in [-0.39, 0.29) is 44.0 Å². The molecule has 0 aromatic rings. The summed E-state index contributed by atoms with van der Waals surface area (Å²) in [7, 11) is 0. The van der Waals surface area contributed by atoms with Crippen molar-refractivity contribution in [1.29, 1.82) is 0 Å². The van der Waals surface area contributed by atoms with Gasteiger partial charge in [-0.3, -0.25) is 14.4 Å². The van der Waals surface area contributed by atoms with Gasteiger partial charge in [-0.05, 0) is 96.3 Å². The maximum absolute atomic E-state index is 12.7. The number of unbranched alkanes of at least 4 members (excludes halogenated alkanes) is 19. The zero-order chi connectivity index (χ0) is 44.4. The predicted molar refractivity (Wildman–Crippen MR) is 260 cm³/mol. The molecule has 0 aliphatic carbocycles. The third-order valence-electron chi connectivity index (χ3n) is 10.1. The van der Waals surface area contributed by atoms with Gasteiger partial charge in [0.1, 0.15) is 13.2 Å². The van der Waals surface area contributed by atoms with Crippen LogP contribution in [0.25, 0.3) is 0 Å². The van der Waals surface area contributed by atoms with Gasteiger partial charge in [-0.25, -0.2) is 0 Å².